The molecule has 0 saturated heterocycles. The molecule has 2 aromatic carbocycles. The van der Waals surface area contributed by atoms with E-state index in [1.165, 1.54) is 0 Å². The zero-order chi connectivity index (χ0) is 16.4. The van der Waals surface area contributed by atoms with E-state index in [-0.39, 0.29) is 0 Å². The summed E-state index contributed by atoms with van der Waals surface area (Å²) in [5.41, 5.74) is 4.17. The topological polar surface area (TPSA) is 44.1 Å². The van der Waals surface area contributed by atoms with Crippen LogP contribution in [0.4, 0.5) is 0 Å². The number of ether oxygens (including phenoxy) is 1. The number of hydrogen-bond donors (Lipinski definition) is 0. The highest BCUT2D eigenvalue weighted by molar-refractivity contribution is 5.90. The molecule has 0 fully saturated rings. The van der Waals surface area contributed by atoms with Crippen molar-refractivity contribution in [2.75, 3.05) is 0 Å². The Kier molecular flexibility index (Phi) is 3.56. The van der Waals surface area contributed by atoms with Gasteiger partial charge in [-0.1, -0.05) is 30.3 Å². The van der Waals surface area contributed by atoms with Gasteiger partial charge in [0, 0.05) is 11.6 Å². The van der Waals surface area contributed by atoms with Crippen molar-refractivity contribution < 1.29 is 9.53 Å². The van der Waals surface area contributed by atoms with Gasteiger partial charge in [0.05, 0.1) is 23.1 Å². The third-order valence-corrected chi connectivity index (χ3v) is 3.93. The second-order valence-corrected chi connectivity index (χ2v) is 5.38. The Bertz CT molecular complexity index is 992. The lowest BCUT2D eigenvalue weighted by molar-refractivity contribution is -0.120. The molecule has 24 heavy (non-hydrogen) atoms. The Labute approximate surface area is 139 Å². The van der Waals surface area contributed by atoms with Crippen molar-refractivity contribution >= 4 is 17.4 Å². The monoisotopic (exact) mass is 314 g/mol. The fraction of sp³-hybridized carbons (Fsp3) is 0. The highest BCUT2D eigenvalue weighted by Gasteiger charge is 2.13. The van der Waals surface area contributed by atoms with Crippen LogP contribution in [0, 0.1) is 0 Å². The van der Waals surface area contributed by atoms with Crippen LogP contribution < -0.4 is 4.74 Å². The van der Waals surface area contributed by atoms with E-state index in [0.29, 0.717) is 12.2 Å². The number of pyridine rings is 1. The van der Waals surface area contributed by atoms with E-state index in [9.17, 15) is 4.79 Å². The molecule has 0 bridgehead atoms. The molecule has 0 aliphatic heterocycles. The molecule has 0 N–H and O–H groups in total. The molecule has 4 rings (SSSR count). The smallest absolute Gasteiger partial charge is 0.298 e. The van der Waals surface area contributed by atoms with E-state index in [1.807, 2.05) is 48.7 Å². The molecule has 2 aromatic heterocycles. The van der Waals surface area contributed by atoms with Crippen LogP contribution in [-0.2, 0) is 4.79 Å². The predicted molar refractivity (Wildman–Crippen MR) is 93.2 cm³/mol. The Morgan fingerprint density at radius 2 is 1.83 bits per heavy atom. The first-order valence-electron chi connectivity index (χ1n) is 7.58. The minimum absolute atomic E-state index is 0.442. The first-order valence-corrected chi connectivity index (χ1v) is 7.58. The molecule has 0 aliphatic carbocycles. The number of aromatic nitrogens is 2. The van der Waals surface area contributed by atoms with E-state index in [4.69, 9.17) is 4.74 Å². The standard InChI is InChI=1S/C20H14N2O2/c23-14-24-18-8-9-19-16(11-18)12-20(15-5-2-1-3-6-15)22(19)17-7-4-10-21-13-17/h1-14H. The molecule has 4 nitrogen and oxygen atoms in total. The molecule has 4 heteroatoms. The molecular weight excluding hydrogens is 300 g/mol. The largest absolute Gasteiger partial charge is 0.429 e. The van der Waals surface area contributed by atoms with Crippen LogP contribution in [0.2, 0.25) is 0 Å². The fourth-order valence-electron chi connectivity index (χ4n) is 2.91. The summed E-state index contributed by atoms with van der Waals surface area (Å²) in [7, 11) is 0. The van der Waals surface area contributed by atoms with Gasteiger partial charge in [0.2, 0.25) is 0 Å². The fourth-order valence-corrected chi connectivity index (χ4v) is 2.91. The third kappa shape index (κ3) is 2.44. The van der Waals surface area contributed by atoms with E-state index < -0.39 is 0 Å². The van der Waals surface area contributed by atoms with Gasteiger partial charge < -0.3 is 9.30 Å². The molecule has 2 heterocycles. The van der Waals surface area contributed by atoms with Crippen molar-refractivity contribution in [2.45, 2.75) is 0 Å². The van der Waals surface area contributed by atoms with Crippen LogP contribution in [0.3, 0.4) is 0 Å². The molecule has 0 unspecified atom stereocenters. The van der Waals surface area contributed by atoms with Crippen molar-refractivity contribution in [2.24, 2.45) is 0 Å². The average Bonchev–Trinajstić information content (AvgIpc) is 3.02. The second kappa shape index (κ2) is 6.01. The van der Waals surface area contributed by atoms with E-state index in [1.54, 1.807) is 12.3 Å². The van der Waals surface area contributed by atoms with Crippen LogP contribution >= 0.6 is 0 Å². The maximum atomic E-state index is 10.6. The summed E-state index contributed by atoms with van der Waals surface area (Å²) in [4.78, 5) is 14.8. The van der Waals surface area contributed by atoms with Crippen molar-refractivity contribution in [1.29, 1.82) is 0 Å². The van der Waals surface area contributed by atoms with Gasteiger partial charge in [0.1, 0.15) is 5.75 Å². The molecule has 0 aliphatic rings. The van der Waals surface area contributed by atoms with Gasteiger partial charge in [-0.2, -0.15) is 0 Å². The van der Waals surface area contributed by atoms with Crippen LogP contribution in [0.15, 0.2) is 79.1 Å². The quantitative estimate of drug-likeness (QED) is 0.530. The summed E-state index contributed by atoms with van der Waals surface area (Å²) in [5.74, 6) is 0.528. The molecular formula is C20H14N2O2. The van der Waals surface area contributed by atoms with Crippen LogP contribution in [0.5, 0.6) is 5.75 Å². The lowest BCUT2D eigenvalue weighted by Gasteiger charge is -2.10. The Morgan fingerprint density at radius 3 is 2.58 bits per heavy atom. The summed E-state index contributed by atoms with van der Waals surface area (Å²) in [6.45, 7) is 0.442. The van der Waals surface area contributed by atoms with Crippen molar-refractivity contribution in [3.8, 4) is 22.7 Å². The zero-order valence-electron chi connectivity index (χ0n) is 12.8. The molecule has 116 valence electrons. The van der Waals surface area contributed by atoms with E-state index in [2.05, 4.69) is 27.8 Å². The molecule has 0 radical (unpaired) electrons. The Morgan fingerprint density at radius 1 is 0.958 bits per heavy atom. The van der Waals surface area contributed by atoms with Crippen LogP contribution in [0.25, 0.3) is 27.8 Å². The van der Waals surface area contributed by atoms with Gasteiger partial charge in [0.15, 0.2) is 0 Å². The lowest BCUT2D eigenvalue weighted by atomic mass is 10.1. The van der Waals surface area contributed by atoms with Gasteiger partial charge in [-0.25, -0.2) is 0 Å². The lowest BCUT2D eigenvalue weighted by Crippen LogP contribution is -1.97. The van der Waals surface area contributed by atoms with Gasteiger partial charge >= 0.3 is 0 Å². The zero-order valence-corrected chi connectivity index (χ0v) is 12.8. The molecule has 0 amide bonds. The summed E-state index contributed by atoms with van der Waals surface area (Å²) in [6, 6.07) is 21.8. The average molecular weight is 314 g/mol. The third-order valence-electron chi connectivity index (χ3n) is 3.93. The summed E-state index contributed by atoms with van der Waals surface area (Å²) in [6.07, 6.45) is 3.59. The summed E-state index contributed by atoms with van der Waals surface area (Å²) < 4.78 is 7.13. The van der Waals surface area contributed by atoms with Gasteiger partial charge in [-0.05, 0) is 42.0 Å². The number of rotatable bonds is 4. The number of carbonyl (C=O) groups excluding carboxylic acids is 1. The maximum Gasteiger partial charge on any atom is 0.298 e. The van der Waals surface area contributed by atoms with E-state index >= 15 is 0 Å². The van der Waals surface area contributed by atoms with Gasteiger partial charge in [0.25, 0.3) is 6.47 Å². The molecule has 0 saturated carbocycles. The first-order chi connectivity index (χ1) is 11.9. The molecule has 4 aromatic rings. The highest BCUT2D eigenvalue weighted by atomic mass is 16.5. The molecule has 0 atom stereocenters. The maximum absolute atomic E-state index is 10.6. The van der Waals surface area contributed by atoms with Crippen molar-refractivity contribution in [3.05, 3.63) is 79.1 Å². The van der Waals surface area contributed by atoms with Gasteiger partial charge in [-0.3, -0.25) is 9.78 Å². The van der Waals surface area contributed by atoms with Gasteiger partial charge in [-0.15, -0.1) is 0 Å². The number of benzene rings is 2. The van der Waals surface area contributed by atoms with Crippen LogP contribution in [0.1, 0.15) is 0 Å². The minimum atomic E-state index is 0.442. The number of carbonyl (C=O) groups is 1. The number of hydrogen-bond acceptors (Lipinski definition) is 3. The second-order valence-electron chi connectivity index (χ2n) is 5.38. The number of fused-ring (bicyclic) bond motifs is 1. The predicted octanol–water partition coefficient (Wildman–Crippen LogP) is 4.23. The highest BCUT2D eigenvalue weighted by Crippen LogP contribution is 2.33. The SMILES string of the molecule is O=COc1ccc2c(c1)cc(-c1ccccc1)n2-c1cccnc1. The molecule has 0 spiro atoms. The first kappa shape index (κ1) is 14.2. The Balaban J connectivity index is 2.01. The van der Waals surface area contributed by atoms with Crippen molar-refractivity contribution in [1.82, 2.24) is 9.55 Å². The Hall–Kier alpha value is -3.40. The van der Waals surface area contributed by atoms with E-state index in [0.717, 1.165) is 27.8 Å². The summed E-state index contributed by atoms with van der Waals surface area (Å²) >= 11 is 0. The van der Waals surface area contributed by atoms with Crippen molar-refractivity contribution in [3.63, 3.8) is 0 Å². The number of nitrogens with zero attached hydrogens (tertiary/aromatic N) is 2. The normalized spacial score (nSPS) is 10.7. The minimum Gasteiger partial charge on any atom is -0.429 e. The van der Waals surface area contributed by atoms with Crippen LogP contribution in [-0.4, -0.2) is 16.0 Å². The summed E-state index contributed by atoms with van der Waals surface area (Å²) in [5, 5.41) is 0.997.